The van der Waals surface area contributed by atoms with Gasteiger partial charge in [-0.1, -0.05) is 12.1 Å². The van der Waals surface area contributed by atoms with Gasteiger partial charge in [0.2, 0.25) is 0 Å². The average Bonchev–Trinajstić information content (AvgIpc) is 3.01. The summed E-state index contributed by atoms with van der Waals surface area (Å²) in [6, 6.07) is 9.97. The van der Waals surface area contributed by atoms with Crippen molar-refractivity contribution >= 4 is 0 Å². The summed E-state index contributed by atoms with van der Waals surface area (Å²) >= 11 is 0. The summed E-state index contributed by atoms with van der Waals surface area (Å²) in [6.45, 7) is 2.78. The minimum Gasteiger partial charge on any atom is -0.385 e. The lowest BCUT2D eigenvalue weighted by atomic mass is 9.90. The molecule has 2 heterocycles. The smallest absolute Gasteiger partial charge is 0.137 e. The van der Waals surface area contributed by atoms with Gasteiger partial charge < -0.3 is 9.67 Å². The molecule has 1 N–H and O–H groups in total. The number of nitrogens with zero attached hydrogens (tertiary/aromatic N) is 4. The molecule has 1 aliphatic heterocycles. The van der Waals surface area contributed by atoms with Gasteiger partial charge in [0.05, 0.1) is 11.6 Å². The van der Waals surface area contributed by atoms with E-state index < -0.39 is 6.10 Å². The molecule has 0 radical (unpaired) electrons. The van der Waals surface area contributed by atoms with Gasteiger partial charge in [-0.15, -0.1) is 0 Å². The molecule has 0 saturated carbocycles. The van der Waals surface area contributed by atoms with E-state index in [1.807, 2.05) is 36.0 Å². The van der Waals surface area contributed by atoms with Crippen LogP contribution in [0.4, 0.5) is 0 Å². The number of hydrogen-bond acceptors (Lipinski definition) is 4. The van der Waals surface area contributed by atoms with Crippen LogP contribution in [0.3, 0.4) is 0 Å². The van der Waals surface area contributed by atoms with E-state index >= 15 is 0 Å². The molecular weight excluding hydrogens is 288 g/mol. The maximum Gasteiger partial charge on any atom is 0.137 e. The number of imidazole rings is 1. The molecule has 1 aliphatic rings. The summed E-state index contributed by atoms with van der Waals surface area (Å²) < 4.78 is 1.89. The third kappa shape index (κ3) is 3.61. The number of aromatic nitrogens is 2. The zero-order chi connectivity index (χ0) is 16.2. The normalized spacial score (nSPS) is 17.8. The molecule has 5 heteroatoms. The number of nitriles is 1. The Morgan fingerprint density at radius 1 is 1.39 bits per heavy atom. The Morgan fingerprint density at radius 2 is 2.17 bits per heavy atom. The highest BCUT2D eigenvalue weighted by molar-refractivity contribution is 5.32. The number of rotatable bonds is 4. The molecule has 0 amide bonds. The van der Waals surface area contributed by atoms with Crippen molar-refractivity contribution in [1.29, 1.82) is 5.26 Å². The topological polar surface area (TPSA) is 65.1 Å². The molecule has 5 nitrogen and oxygen atoms in total. The quantitative estimate of drug-likeness (QED) is 0.940. The summed E-state index contributed by atoms with van der Waals surface area (Å²) in [4.78, 5) is 6.65. The first-order valence-corrected chi connectivity index (χ1v) is 8.04. The standard InChI is InChI=1S/C18H22N4O/c1-21-10-7-20-18(21)17(23)16-5-8-22(9-6-16)13-15-4-2-3-14(11-15)12-19/h2-4,7,10-11,16-17,23H,5-6,8-9,13H2,1H3. The van der Waals surface area contributed by atoms with E-state index in [4.69, 9.17) is 5.26 Å². The van der Waals surface area contributed by atoms with Crippen molar-refractivity contribution in [2.24, 2.45) is 13.0 Å². The van der Waals surface area contributed by atoms with Gasteiger partial charge in [-0.25, -0.2) is 4.98 Å². The van der Waals surface area contributed by atoms with Gasteiger partial charge in [0, 0.05) is 26.0 Å². The lowest BCUT2D eigenvalue weighted by Gasteiger charge is -2.34. The lowest BCUT2D eigenvalue weighted by molar-refractivity contribution is 0.0492. The molecule has 1 aromatic carbocycles. The Morgan fingerprint density at radius 3 is 2.83 bits per heavy atom. The van der Waals surface area contributed by atoms with Crippen molar-refractivity contribution in [1.82, 2.24) is 14.5 Å². The number of piperidine rings is 1. The summed E-state index contributed by atoms with van der Waals surface area (Å²) in [5.74, 6) is 1.02. The molecule has 3 rings (SSSR count). The van der Waals surface area contributed by atoms with Gasteiger partial charge in [0.15, 0.2) is 0 Å². The van der Waals surface area contributed by atoms with E-state index in [0.29, 0.717) is 5.56 Å². The number of likely N-dealkylation sites (tertiary alicyclic amines) is 1. The zero-order valence-corrected chi connectivity index (χ0v) is 13.4. The van der Waals surface area contributed by atoms with Crippen molar-refractivity contribution in [2.75, 3.05) is 13.1 Å². The van der Waals surface area contributed by atoms with E-state index in [2.05, 4.69) is 22.0 Å². The van der Waals surface area contributed by atoms with Crippen LogP contribution in [-0.4, -0.2) is 32.6 Å². The van der Waals surface area contributed by atoms with E-state index in [1.165, 1.54) is 5.56 Å². The van der Waals surface area contributed by atoms with Crippen molar-refractivity contribution < 1.29 is 5.11 Å². The van der Waals surface area contributed by atoms with Crippen LogP contribution in [0.1, 0.15) is 35.9 Å². The first-order valence-electron chi connectivity index (χ1n) is 8.04. The highest BCUT2D eigenvalue weighted by Crippen LogP contribution is 2.30. The second-order valence-electron chi connectivity index (χ2n) is 6.27. The van der Waals surface area contributed by atoms with Crippen LogP contribution < -0.4 is 0 Å². The fourth-order valence-electron chi connectivity index (χ4n) is 3.30. The highest BCUT2D eigenvalue weighted by atomic mass is 16.3. The van der Waals surface area contributed by atoms with Crippen molar-refractivity contribution in [3.63, 3.8) is 0 Å². The third-order valence-corrected chi connectivity index (χ3v) is 4.66. The largest absolute Gasteiger partial charge is 0.385 e. The molecule has 120 valence electrons. The molecule has 23 heavy (non-hydrogen) atoms. The fraction of sp³-hybridized carbons (Fsp3) is 0.444. The van der Waals surface area contributed by atoms with Crippen LogP contribution in [0, 0.1) is 17.2 Å². The van der Waals surface area contributed by atoms with Crippen LogP contribution in [0.5, 0.6) is 0 Å². The molecule has 1 aromatic heterocycles. The summed E-state index contributed by atoms with van der Waals surface area (Å²) in [5, 5.41) is 19.5. The Hall–Kier alpha value is -2.16. The first kappa shape index (κ1) is 15.7. The number of hydrogen-bond donors (Lipinski definition) is 1. The maximum absolute atomic E-state index is 10.5. The van der Waals surface area contributed by atoms with Gasteiger partial charge in [-0.3, -0.25) is 4.90 Å². The van der Waals surface area contributed by atoms with Gasteiger partial charge in [-0.05, 0) is 49.5 Å². The Bertz CT molecular complexity index is 695. The molecule has 0 spiro atoms. The van der Waals surface area contributed by atoms with E-state index in [-0.39, 0.29) is 5.92 Å². The van der Waals surface area contributed by atoms with Gasteiger partial charge in [-0.2, -0.15) is 5.26 Å². The second-order valence-corrected chi connectivity index (χ2v) is 6.27. The van der Waals surface area contributed by atoms with Crippen LogP contribution in [-0.2, 0) is 13.6 Å². The SMILES string of the molecule is Cn1ccnc1C(O)C1CCN(Cc2cccc(C#N)c2)CC1. The van der Waals surface area contributed by atoms with Crippen LogP contribution in [0.2, 0.25) is 0 Å². The van der Waals surface area contributed by atoms with Crippen molar-refractivity contribution in [3.8, 4) is 6.07 Å². The second kappa shape index (κ2) is 6.95. The highest BCUT2D eigenvalue weighted by Gasteiger charge is 2.28. The van der Waals surface area contributed by atoms with Crippen molar-refractivity contribution in [2.45, 2.75) is 25.5 Å². The number of aliphatic hydroxyl groups excluding tert-OH is 1. The van der Waals surface area contributed by atoms with Crippen molar-refractivity contribution in [3.05, 3.63) is 53.6 Å². The number of aryl methyl sites for hydroxylation is 1. The van der Waals surface area contributed by atoms with E-state index in [9.17, 15) is 5.11 Å². The lowest BCUT2D eigenvalue weighted by Crippen LogP contribution is -2.35. The third-order valence-electron chi connectivity index (χ3n) is 4.66. The molecule has 1 fully saturated rings. The molecular formula is C18H22N4O. The summed E-state index contributed by atoms with van der Waals surface area (Å²) in [6.07, 6.45) is 5.04. The minimum absolute atomic E-state index is 0.262. The summed E-state index contributed by atoms with van der Waals surface area (Å²) in [7, 11) is 1.92. The van der Waals surface area contributed by atoms with Crippen LogP contribution in [0.25, 0.3) is 0 Å². The van der Waals surface area contributed by atoms with Crippen LogP contribution >= 0.6 is 0 Å². The first-order chi connectivity index (χ1) is 11.2. The molecule has 2 aromatic rings. The Kier molecular flexibility index (Phi) is 4.75. The predicted octanol–water partition coefficient (Wildman–Crippen LogP) is 2.24. The molecule has 1 saturated heterocycles. The molecule has 1 atom stereocenters. The monoisotopic (exact) mass is 310 g/mol. The fourth-order valence-corrected chi connectivity index (χ4v) is 3.30. The van der Waals surface area contributed by atoms with E-state index in [0.717, 1.165) is 38.3 Å². The molecule has 0 bridgehead atoms. The molecule has 0 aliphatic carbocycles. The van der Waals surface area contributed by atoms with E-state index in [1.54, 1.807) is 6.20 Å². The zero-order valence-electron chi connectivity index (χ0n) is 13.4. The Balaban J connectivity index is 1.56. The maximum atomic E-state index is 10.5. The Labute approximate surface area is 136 Å². The molecule has 1 unspecified atom stereocenters. The van der Waals surface area contributed by atoms with Gasteiger partial charge in [0.25, 0.3) is 0 Å². The predicted molar refractivity (Wildman–Crippen MR) is 87.3 cm³/mol. The summed E-state index contributed by atoms with van der Waals surface area (Å²) in [5.41, 5.74) is 1.88. The minimum atomic E-state index is -0.487. The average molecular weight is 310 g/mol. The van der Waals surface area contributed by atoms with Gasteiger partial charge in [0.1, 0.15) is 11.9 Å². The number of benzene rings is 1. The number of aliphatic hydroxyl groups is 1. The van der Waals surface area contributed by atoms with Gasteiger partial charge >= 0.3 is 0 Å². The van der Waals surface area contributed by atoms with Crippen LogP contribution in [0.15, 0.2) is 36.7 Å².